The Balaban J connectivity index is 1.62. The quantitative estimate of drug-likeness (QED) is 0.278. The molecule has 3 aromatic rings. The molecular weight excluding hydrogens is 469 g/mol. The van der Waals surface area contributed by atoms with Crippen LogP contribution in [-0.2, 0) is 19.6 Å². The van der Waals surface area contributed by atoms with Crippen molar-refractivity contribution < 1.29 is 18.3 Å². The molecule has 3 rings (SSSR count). The van der Waals surface area contributed by atoms with Gasteiger partial charge in [0, 0.05) is 19.1 Å². The Bertz CT molecular complexity index is 1100. The third-order valence-corrected chi connectivity index (χ3v) is 6.51. The first kappa shape index (κ1) is 28.4. The number of furan rings is 1. The maximum Gasteiger partial charge on any atom is 0.287 e. The van der Waals surface area contributed by atoms with Crippen molar-refractivity contribution in [2.24, 2.45) is 0 Å². The van der Waals surface area contributed by atoms with Crippen molar-refractivity contribution in [3.63, 3.8) is 0 Å². The van der Waals surface area contributed by atoms with Crippen molar-refractivity contribution in [3.05, 3.63) is 89.1 Å². The fraction of sp³-hybridized carbons (Fsp3) is 0.433. The van der Waals surface area contributed by atoms with Crippen molar-refractivity contribution in [2.45, 2.75) is 59.3 Å². The van der Waals surface area contributed by atoms with Gasteiger partial charge in [0.15, 0.2) is 5.76 Å². The van der Waals surface area contributed by atoms with E-state index in [0.717, 1.165) is 49.4 Å². The van der Waals surface area contributed by atoms with Crippen LogP contribution >= 0.6 is 0 Å². The molecule has 0 spiro atoms. The maximum atomic E-state index is 13.8. The van der Waals surface area contributed by atoms with Gasteiger partial charge in [-0.05, 0) is 86.9 Å². The van der Waals surface area contributed by atoms with E-state index in [9.17, 15) is 9.18 Å². The minimum atomic E-state index is -0.259. The average molecular weight is 510 g/mol. The van der Waals surface area contributed by atoms with E-state index in [1.54, 1.807) is 25.3 Å². The summed E-state index contributed by atoms with van der Waals surface area (Å²) < 4.78 is 25.0. The van der Waals surface area contributed by atoms with Crippen molar-refractivity contribution in [1.29, 1.82) is 0 Å². The van der Waals surface area contributed by atoms with E-state index in [4.69, 9.17) is 9.15 Å². The van der Waals surface area contributed by atoms with Crippen LogP contribution in [0.1, 0.15) is 61.1 Å². The van der Waals surface area contributed by atoms with Crippen LogP contribution in [0.15, 0.2) is 65.1 Å². The van der Waals surface area contributed by atoms with E-state index in [2.05, 4.69) is 29.0 Å². The number of halogens is 1. The number of carbonyl (C=O) groups is 1. The first-order valence-corrected chi connectivity index (χ1v) is 13.1. The molecule has 6 nitrogen and oxygen atoms in total. The number of rotatable bonds is 15. The van der Waals surface area contributed by atoms with E-state index in [1.807, 2.05) is 43.3 Å². The molecule has 0 saturated carbocycles. The molecule has 0 fully saturated rings. The second-order valence-electron chi connectivity index (χ2n) is 9.43. The standard InChI is InChI=1S/C30H40FN3O3/c1-5-33(6-2)18-8-9-23(3)32-30(35)29-17-16-28(37-29)22-34(21-25-10-7-11-26(31)19-25)20-24-12-14-27(36-4)15-13-24/h7,10-17,19,23H,5-6,8-9,18,20-22H2,1-4H3,(H,32,35). The Kier molecular flexibility index (Phi) is 11.2. The molecule has 1 heterocycles. The van der Waals surface area contributed by atoms with Gasteiger partial charge in [-0.3, -0.25) is 9.69 Å². The molecule has 1 aromatic heterocycles. The van der Waals surface area contributed by atoms with Gasteiger partial charge < -0.3 is 19.4 Å². The van der Waals surface area contributed by atoms with Gasteiger partial charge in [0.25, 0.3) is 5.91 Å². The first-order valence-electron chi connectivity index (χ1n) is 13.1. The zero-order valence-corrected chi connectivity index (χ0v) is 22.5. The highest BCUT2D eigenvalue weighted by Gasteiger charge is 2.17. The summed E-state index contributed by atoms with van der Waals surface area (Å²) in [5, 5.41) is 3.05. The Morgan fingerprint density at radius 1 is 0.973 bits per heavy atom. The Morgan fingerprint density at radius 2 is 1.70 bits per heavy atom. The lowest BCUT2D eigenvalue weighted by atomic mass is 10.1. The summed E-state index contributed by atoms with van der Waals surface area (Å²) in [7, 11) is 1.64. The molecule has 7 heteroatoms. The summed E-state index contributed by atoms with van der Waals surface area (Å²) in [5.74, 6) is 1.33. The van der Waals surface area contributed by atoms with E-state index in [1.165, 1.54) is 6.07 Å². The lowest BCUT2D eigenvalue weighted by molar-refractivity contribution is 0.0904. The first-order chi connectivity index (χ1) is 17.9. The fourth-order valence-electron chi connectivity index (χ4n) is 4.38. The molecule has 0 aliphatic heterocycles. The van der Waals surface area contributed by atoms with Crippen LogP contribution in [-0.4, -0.2) is 48.5 Å². The molecule has 0 radical (unpaired) electrons. The predicted octanol–water partition coefficient (Wildman–Crippen LogP) is 5.87. The van der Waals surface area contributed by atoms with Crippen LogP contribution in [0.2, 0.25) is 0 Å². The molecule has 1 N–H and O–H groups in total. The highest BCUT2D eigenvalue weighted by molar-refractivity contribution is 5.91. The largest absolute Gasteiger partial charge is 0.497 e. The highest BCUT2D eigenvalue weighted by atomic mass is 19.1. The maximum absolute atomic E-state index is 13.8. The molecule has 0 aliphatic rings. The van der Waals surface area contributed by atoms with Crippen LogP contribution in [0.3, 0.4) is 0 Å². The summed E-state index contributed by atoms with van der Waals surface area (Å²) in [6, 6.07) is 18.1. The van der Waals surface area contributed by atoms with Crippen molar-refractivity contribution in [1.82, 2.24) is 15.1 Å². The lowest BCUT2D eigenvalue weighted by Gasteiger charge is -2.22. The summed E-state index contributed by atoms with van der Waals surface area (Å²) in [6.45, 7) is 11.1. The van der Waals surface area contributed by atoms with Crippen LogP contribution in [0.5, 0.6) is 5.75 Å². The number of carbonyl (C=O) groups excluding carboxylic acids is 1. The molecule has 0 bridgehead atoms. The smallest absolute Gasteiger partial charge is 0.287 e. The predicted molar refractivity (Wildman–Crippen MR) is 145 cm³/mol. The molecule has 1 atom stereocenters. The highest BCUT2D eigenvalue weighted by Crippen LogP contribution is 2.19. The Hall–Kier alpha value is -3.16. The van der Waals surface area contributed by atoms with Crippen LogP contribution in [0.4, 0.5) is 4.39 Å². The Labute approximate surface area is 220 Å². The van der Waals surface area contributed by atoms with Gasteiger partial charge in [0.1, 0.15) is 17.3 Å². The number of hydrogen-bond acceptors (Lipinski definition) is 5. The summed E-state index contributed by atoms with van der Waals surface area (Å²) in [6.07, 6.45) is 1.95. The van der Waals surface area contributed by atoms with E-state index >= 15 is 0 Å². The number of nitrogens with one attached hydrogen (secondary N) is 1. The average Bonchev–Trinajstić information content (AvgIpc) is 3.36. The van der Waals surface area contributed by atoms with Gasteiger partial charge in [0.05, 0.1) is 13.7 Å². The van der Waals surface area contributed by atoms with Gasteiger partial charge in [-0.2, -0.15) is 0 Å². The van der Waals surface area contributed by atoms with Gasteiger partial charge in [-0.25, -0.2) is 4.39 Å². The van der Waals surface area contributed by atoms with Gasteiger partial charge in [-0.15, -0.1) is 0 Å². The van der Waals surface area contributed by atoms with Crippen LogP contribution in [0.25, 0.3) is 0 Å². The molecule has 2 aromatic carbocycles. The molecule has 1 amide bonds. The fourth-order valence-corrected chi connectivity index (χ4v) is 4.38. The second-order valence-corrected chi connectivity index (χ2v) is 9.43. The van der Waals surface area contributed by atoms with Crippen molar-refractivity contribution >= 4 is 5.91 Å². The molecule has 1 unspecified atom stereocenters. The van der Waals surface area contributed by atoms with E-state index < -0.39 is 0 Å². The molecule has 0 aliphatic carbocycles. The number of methoxy groups -OCH3 is 1. The summed E-state index contributed by atoms with van der Waals surface area (Å²) in [5.41, 5.74) is 1.97. The zero-order valence-electron chi connectivity index (χ0n) is 22.5. The van der Waals surface area contributed by atoms with Gasteiger partial charge in [0.2, 0.25) is 0 Å². The zero-order chi connectivity index (χ0) is 26.6. The second kappa shape index (κ2) is 14.5. The van der Waals surface area contributed by atoms with Crippen LogP contribution in [0, 0.1) is 5.82 Å². The topological polar surface area (TPSA) is 58.0 Å². The minimum Gasteiger partial charge on any atom is -0.497 e. The normalized spacial score (nSPS) is 12.2. The number of hydrogen-bond donors (Lipinski definition) is 1. The van der Waals surface area contributed by atoms with Crippen molar-refractivity contribution in [2.75, 3.05) is 26.7 Å². The SMILES string of the molecule is CCN(CC)CCCC(C)NC(=O)c1ccc(CN(Cc2ccc(OC)cc2)Cc2cccc(F)c2)o1. The van der Waals surface area contributed by atoms with Gasteiger partial charge >= 0.3 is 0 Å². The van der Waals surface area contributed by atoms with Gasteiger partial charge in [-0.1, -0.05) is 38.1 Å². The summed E-state index contributed by atoms with van der Waals surface area (Å²) in [4.78, 5) is 17.3. The van der Waals surface area contributed by atoms with E-state index in [-0.39, 0.29) is 17.8 Å². The number of ether oxygens (including phenoxy) is 1. The third-order valence-electron chi connectivity index (χ3n) is 6.51. The van der Waals surface area contributed by atoms with Crippen LogP contribution < -0.4 is 10.1 Å². The molecule has 200 valence electrons. The monoisotopic (exact) mass is 509 g/mol. The molecule has 37 heavy (non-hydrogen) atoms. The summed E-state index contributed by atoms with van der Waals surface area (Å²) >= 11 is 0. The minimum absolute atomic E-state index is 0.0659. The Morgan fingerprint density at radius 3 is 2.38 bits per heavy atom. The number of benzene rings is 2. The molecule has 0 saturated heterocycles. The third kappa shape index (κ3) is 9.34. The lowest BCUT2D eigenvalue weighted by Crippen LogP contribution is -2.33. The number of amides is 1. The number of nitrogens with zero attached hydrogens (tertiary/aromatic N) is 2. The van der Waals surface area contributed by atoms with E-state index in [0.29, 0.717) is 31.2 Å². The van der Waals surface area contributed by atoms with Crippen molar-refractivity contribution in [3.8, 4) is 5.75 Å². The molecular formula is C30H40FN3O3.